The Hall–Kier alpha value is -2.84. The van der Waals surface area contributed by atoms with Crippen molar-refractivity contribution in [1.82, 2.24) is 15.6 Å². The third-order valence-corrected chi connectivity index (χ3v) is 3.56. The number of benzene rings is 1. The third-order valence-electron chi connectivity index (χ3n) is 3.56. The fourth-order valence-corrected chi connectivity index (χ4v) is 2.10. The number of aliphatic imine (C=N–C) groups is 1. The minimum Gasteiger partial charge on any atom is -0.468 e. The van der Waals surface area contributed by atoms with Gasteiger partial charge in [0.05, 0.1) is 0 Å². The molecule has 0 aliphatic heterocycles. The SMILES string of the molecule is CN=C(NCc1ccc(OCC(F)(F)F)nc1)NCc1ccc(C)c(F)c1. The maximum Gasteiger partial charge on any atom is 0.422 e. The molecular weight excluding hydrogens is 364 g/mol. The number of hydrogen-bond donors (Lipinski definition) is 2. The van der Waals surface area contributed by atoms with Gasteiger partial charge in [-0.3, -0.25) is 4.99 Å². The molecular formula is C18H20F4N4O. The van der Waals surface area contributed by atoms with Crippen molar-refractivity contribution in [3.63, 3.8) is 0 Å². The highest BCUT2D eigenvalue weighted by molar-refractivity contribution is 5.79. The zero-order valence-electron chi connectivity index (χ0n) is 14.9. The molecule has 9 heteroatoms. The topological polar surface area (TPSA) is 58.5 Å². The molecule has 0 unspecified atom stereocenters. The highest BCUT2D eigenvalue weighted by Gasteiger charge is 2.28. The quantitative estimate of drug-likeness (QED) is 0.456. The van der Waals surface area contributed by atoms with E-state index in [4.69, 9.17) is 0 Å². The Morgan fingerprint density at radius 1 is 1.11 bits per heavy atom. The second-order valence-electron chi connectivity index (χ2n) is 5.77. The van der Waals surface area contributed by atoms with Gasteiger partial charge in [0.2, 0.25) is 5.88 Å². The standard InChI is InChI=1S/C18H20F4N4O/c1-12-3-4-13(7-15(12)19)8-25-17(23-2)26-10-14-5-6-16(24-9-14)27-11-18(20,21)22/h3-7,9H,8,10-11H2,1-2H3,(H2,23,25,26). The van der Waals surface area contributed by atoms with Gasteiger partial charge in [0.25, 0.3) is 0 Å². The molecule has 1 aromatic carbocycles. The van der Waals surface area contributed by atoms with E-state index in [1.54, 1.807) is 26.1 Å². The third kappa shape index (κ3) is 7.12. The first-order valence-corrected chi connectivity index (χ1v) is 8.11. The lowest BCUT2D eigenvalue weighted by Gasteiger charge is -2.13. The van der Waals surface area contributed by atoms with Crippen molar-refractivity contribution in [2.45, 2.75) is 26.2 Å². The number of aromatic nitrogens is 1. The lowest BCUT2D eigenvalue weighted by molar-refractivity contribution is -0.154. The van der Waals surface area contributed by atoms with E-state index in [-0.39, 0.29) is 11.7 Å². The van der Waals surface area contributed by atoms with Gasteiger partial charge in [0, 0.05) is 32.4 Å². The minimum absolute atomic E-state index is 0.0972. The number of guanidine groups is 1. The van der Waals surface area contributed by atoms with Crippen molar-refractivity contribution < 1.29 is 22.3 Å². The lowest BCUT2D eigenvalue weighted by Crippen LogP contribution is -2.36. The summed E-state index contributed by atoms with van der Waals surface area (Å²) in [5.74, 6) is 0.129. The summed E-state index contributed by atoms with van der Waals surface area (Å²) >= 11 is 0. The molecule has 0 bridgehead atoms. The second kappa shape index (κ2) is 9.20. The van der Waals surface area contributed by atoms with Gasteiger partial charge < -0.3 is 15.4 Å². The second-order valence-corrected chi connectivity index (χ2v) is 5.77. The van der Waals surface area contributed by atoms with Gasteiger partial charge in [-0.05, 0) is 29.7 Å². The van der Waals surface area contributed by atoms with Crippen molar-refractivity contribution in [2.24, 2.45) is 4.99 Å². The Labute approximate surface area is 154 Å². The Kier molecular flexibility index (Phi) is 6.98. The summed E-state index contributed by atoms with van der Waals surface area (Å²) in [5, 5.41) is 6.10. The minimum atomic E-state index is -4.40. The van der Waals surface area contributed by atoms with Crippen LogP contribution in [0.25, 0.3) is 0 Å². The van der Waals surface area contributed by atoms with E-state index in [0.717, 1.165) is 11.1 Å². The summed E-state index contributed by atoms with van der Waals surface area (Å²) in [6.45, 7) is 1.06. The van der Waals surface area contributed by atoms with Gasteiger partial charge in [0.15, 0.2) is 12.6 Å². The molecule has 0 saturated heterocycles. The fraction of sp³-hybridized carbons (Fsp3) is 0.333. The highest BCUT2D eigenvalue weighted by Crippen LogP contribution is 2.17. The molecule has 2 rings (SSSR count). The molecule has 2 aromatic rings. The Morgan fingerprint density at radius 2 is 1.78 bits per heavy atom. The number of pyridine rings is 1. The molecule has 1 aromatic heterocycles. The number of rotatable bonds is 6. The molecule has 0 aliphatic rings. The number of nitrogens with one attached hydrogen (secondary N) is 2. The van der Waals surface area contributed by atoms with Crippen molar-refractivity contribution in [2.75, 3.05) is 13.7 Å². The number of halogens is 4. The fourth-order valence-electron chi connectivity index (χ4n) is 2.10. The first kappa shape index (κ1) is 20.5. The maximum absolute atomic E-state index is 13.6. The number of ether oxygens (including phenoxy) is 1. The molecule has 0 radical (unpaired) electrons. The first-order chi connectivity index (χ1) is 12.8. The van der Waals surface area contributed by atoms with Gasteiger partial charge >= 0.3 is 6.18 Å². The van der Waals surface area contributed by atoms with E-state index in [2.05, 4.69) is 25.3 Å². The molecule has 0 fully saturated rings. The summed E-state index contributed by atoms with van der Waals surface area (Å²) in [6.07, 6.45) is -2.98. The monoisotopic (exact) mass is 384 g/mol. The van der Waals surface area contributed by atoms with E-state index in [1.165, 1.54) is 18.3 Å². The average molecular weight is 384 g/mol. The van der Waals surface area contributed by atoms with Gasteiger partial charge in [-0.15, -0.1) is 0 Å². The summed E-state index contributed by atoms with van der Waals surface area (Å²) < 4.78 is 54.4. The van der Waals surface area contributed by atoms with Crippen LogP contribution < -0.4 is 15.4 Å². The van der Waals surface area contributed by atoms with E-state index in [0.29, 0.717) is 24.6 Å². The lowest BCUT2D eigenvalue weighted by atomic mass is 10.1. The van der Waals surface area contributed by atoms with Gasteiger partial charge in [-0.1, -0.05) is 18.2 Å². The predicted octanol–water partition coefficient (Wildman–Crippen LogP) is 3.34. The molecule has 0 atom stereocenters. The number of aryl methyl sites for hydroxylation is 1. The normalized spacial score (nSPS) is 12.0. The molecule has 1 heterocycles. The number of nitrogens with zero attached hydrogens (tertiary/aromatic N) is 2. The molecule has 27 heavy (non-hydrogen) atoms. The Morgan fingerprint density at radius 3 is 2.33 bits per heavy atom. The number of hydrogen-bond acceptors (Lipinski definition) is 3. The van der Waals surface area contributed by atoms with Gasteiger partial charge in [-0.2, -0.15) is 13.2 Å². The zero-order valence-corrected chi connectivity index (χ0v) is 14.9. The van der Waals surface area contributed by atoms with E-state index < -0.39 is 12.8 Å². The predicted molar refractivity (Wildman–Crippen MR) is 94.0 cm³/mol. The van der Waals surface area contributed by atoms with Crippen LogP contribution in [-0.4, -0.2) is 30.8 Å². The molecule has 146 valence electrons. The molecule has 0 saturated carbocycles. The van der Waals surface area contributed by atoms with E-state index in [9.17, 15) is 17.6 Å². The van der Waals surface area contributed by atoms with Crippen LogP contribution in [0, 0.1) is 12.7 Å². The van der Waals surface area contributed by atoms with Crippen LogP contribution >= 0.6 is 0 Å². The molecule has 5 nitrogen and oxygen atoms in total. The van der Waals surface area contributed by atoms with Crippen molar-refractivity contribution in [3.8, 4) is 5.88 Å². The smallest absolute Gasteiger partial charge is 0.422 e. The number of alkyl halides is 3. The summed E-state index contributed by atoms with van der Waals surface area (Å²) in [5.41, 5.74) is 2.09. The van der Waals surface area contributed by atoms with Crippen LogP contribution in [0.4, 0.5) is 17.6 Å². The van der Waals surface area contributed by atoms with Crippen LogP contribution in [0.2, 0.25) is 0 Å². The molecule has 0 amide bonds. The van der Waals surface area contributed by atoms with Crippen LogP contribution in [0.3, 0.4) is 0 Å². The van der Waals surface area contributed by atoms with Gasteiger partial charge in [0.1, 0.15) is 5.82 Å². The van der Waals surface area contributed by atoms with Crippen LogP contribution in [0.1, 0.15) is 16.7 Å². The van der Waals surface area contributed by atoms with Crippen molar-refractivity contribution in [1.29, 1.82) is 0 Å². The van der Waals surface area contributed by atoms with Crippen molar-refractivity contribution >= 4 is 5.96 Å². The highest BCUT2D eigenvalue weighted by atomic mass is 19.4. The maximum atomic E-state index is 13.6. The van der Waals surface area contributed by atoms with Crippen LogP contribution in [0.15, 0.2) is 41.5 Å². The zero-order chi connectivity index (χ0) is 19.9. The summed E-state index contributed by atoms with van der Waals surface area (Å²) in [7, 11) is 1.59. The summed E-state index contributed by atoms with van der Waals surface area (Å²) in [4.78, 5) is 7.90. The van der Waals surface area contributed by atoms with E-state index >= 15 is 0 Å². The largest absolute Gasteiger partial charge is 0.468 e. The van der Waals surface area contributed by atoms with Crippen LogP contribution in [0.5, 0.6) is 5.88 Å². The average Bonchev–Trinajstić information content (AvgIpc) is 2.63. The molecule has 2 N–H and O–H groups in total. The van der Waals surface area contributed by atoms with Crippen molar-refractivity contribution in [3.05, 3.63) is 59.0 Å². The van der Waals surface area contributed by atoms with Crippen LogP contribution in [-0.2, 0) is 13.1 Å². The first-order valence-electron chi connectivity index (χ1n) is 8.11. The van der Waals surface area contributed by atoms with Gasteiger partial charge in [-0.25, -0.2) is 9.37 Å². The van der Waals surface area contributed by atoms with E-state index in [1.807, 2.05) is 6.07 Å². The summed E-state index contributed by atoms with van der Waals surface area (Å²) in [6, 6.07) is 7.96. The Balaban J connectivity index is 1.82. The Bertz CT molecular complexity index is 776. The molecule has 0 aliphatic carbocycles. The molecule has 0 spiro atoms.